The highest BCUT2D eigenvalue weighted by Gasteiger charge is 2.50. The molecule has 1 aromatic carbocycles. The molecular weight excluding hydrogens is 262 g/mol. The van der Waals surface area contributed by atoms with E-state index in [-0.39, 0.29) is 12.2 Å². The van der Waals surface area contributed by atoms with Crippen LogP contribution in [0.5, 0.6) is 5.75 Å². The molecular formula is C14H13NO5. The van der Waals surface area contributed by atoms with Crippen molar-refractivity contribution < 1.29 is 19.9 Å². The van der Waals surface area contributed by atoms with E-state index in [1.807, 2.05) is 6.92 Å². The SMILES string of the molecule is Cc1ccc(O)c(C2=CC=CC(C(=O)O)([N+](=O)[O-])C2)c1. The van der Waals surface area contributed by atoms with Gasteiger partial charge in [0, 0.05) is 16.6 Å². The molecule has 0 saturated heterocycles. The normalized spacial score (nSPS) is 21.4. The number of aryl methyl sites for hydroxylation is 1. The van der Waals surface area contributed by atoms with Gasteiger partial charge in [0.15, 0.2) is 0 Å². The molecule has 0 aliphatic heterocycles. The van der Waals surface area contributed by atoms with E-state index in [4.69, 9.17) is 5.11 Å². The van der Waals surface area contributed by atoms with Gasteiger partial charge in [-0.25, -0.2) is 4.79 Å². The number of carboxylic acid groups (broad SMARTS) is 1. The van der Waals surface area contributed by atoms with Gasteiger partial charge in [-0.15, -0.1) is 0 Å². The smallest absolute Gasteiger partial charge is 0.387 e. The number of nitro groups is 1. The molecule has 0 heterocycles. The lowest BCUT2D eigenvalue weighted by molar-refractivity contribution is -0.539. The van der Waals surface area contributed by atoms with Crippen LogP contribution < -0.4 is 0 Å². The number of carboxylic acids is 1. The zero-order chi connectivity index (χ0) is 14.9. The lowest BCUT2D eigenvalue weighted by Gasteiger charge is -2.22. The molecule has 1 unspecified atom stereocenters. The largest absolute Gasteiger partial charge is 0.507 e. The maximum Gasteiger partial charge on any atom is 0.387 e. The average molecular weight is 275 g/mol. The molecule has 1 aliphatic rings. The van der Waals surface area contributed by atoms with Crippen LogP contribution >= 0.6 is 0 Å². The van der Waals surface area contributed by atoms with Gasteiger partial charge < -0.3 is 10.2 Å². The van der Waals surface area contributed by atoms with Crippen molar-refractivity contribution in [1.29, 1.82) is 0 Å². The fraction of sp³-hybridized carbons (Fsp3) is 0.214. The second-order valence-electron chi connectivity index (χ2n) is 4.73. The molecule has 0 aromatic heterocycles. The Morgan fingerprint density at radius 3 is 2.75 bits per heavy atom. The Labute approximate surface area is 114 Å². The molecule has 1 atom stereocenters. The van der Waals surface area contributed by atoms with Gasteiger partial charge in [-0.1, -0.05) is 23.8 Å². The molecule has 6 heteroatoms. The van der Waals surface area contributed by atoms with Crippen molar-refractivity contribution in [2.24, 2.45) is 0 Å². The van der Waals surface area contributed by atoms with Crippen molar-refractivity contribution in [3.05, 3.63) is 57.7 Å². The first kappa shape index (κ1) is 13.8. The molecule has 104 valence electrons. The van der Waals surface area contributed by atoms with E-state index in [1.165, 1.54) is 12.1 Å². The number of carbonyl (C=O) groups is 1. The van der Waals surface area contributed by atoms with Gasteiger partial charge in [0.2, 0.25) is 0 Å². The fourth-order valence-corrected chi connectivity index (χ4v) is 2.17. The van der Waals surface area contributed by atoms with Crippen LogP contribution in [-0.4, -0.2) is 26.6 Å². The van der Waals surface area contributed by atoms with Crippen molar-refractivity contribution in [3.8, 4) is 5.75 Å². The van der Waals surface area contributed by atoms with Crippen LogP contribution in [0.1, 0.15) is 17.5 Å². The summed E-state index contributed by atoms with van der Waals surface area (Å²) in [5.41, 5.74) is -0.467. The van der Waals surface area contributed by atoms with Crippen LogP contribution in [0.2, 0.25) is 0 Å². The van der Waals surface area contributed by atoms with Crippen molar-refractivity contribution in [1.82, 2.24) is 0 Å². The molecule has 1 aromatic rings. The van der Waals surface area contributed by atoms with E-state index in [1.54, 1.807) is 18.2 Å². The Morgan fingerprint density at radius 2 is 2.15 bits per heavy atom. The number of nitrogens with zero attached hydrogens (tertiary/aromatic N) is 1. The number of allylic oxidation sites excluding steroid dienone is 2. The van der Waals surface area contributed by atoms with Gasteiger partial charge in [-0.3, -0.25) is 10.1 Å². The van der Waals surface area contributed by atoms with Crippen molar-refractivity contribution >= 4 is 11.5 Å². The first-order chi connectivity index (χ1) is 9.36. The molecule has 0 radical (unpaired) electrons. The van der Waals surface area contributed by atoms with Crippen molar-refractivity contribution in [3.63, 3.8) is 0 Å². The van der Waals surface area contributed by atoms with E-state index in [0.717, 1.165) is 11.6 Å². The van der Waals surface area contributed by atoms with Gasteiger partial charge in [0.05, 0.1) is 6.42 Å². The summed E-state index contributed by atoms with van der Waals surface area (Å²) in [5, 5.41) is 30.1. The standard InChI is InChI=1S/C14H13NO5/c1-9-4-5-12(16)11(7-9)10-3-2-6-14(8-10,13(17)18)15(19)20/h2-7,16H,8H2,1H3,(H,17,18). The molecule has 0 amide bonds. The first-order valence-electron chi connectivity index (χ1n) is 5.93. The molecule has 0 bridgehead atoms. The third-order valence-corrected chi connectivity index (χ3v) is 3.32. The molecule has 1 aliphatic carbocycles. The molecule has 6 nitrogen and oxygen atoms in total. The van der Waals surface area contributed by atoms with E-state index < -0.39 is 16.4 Å². The third-order valence-electron chi connectivity index (χ3n) is 3.32. The average Bonchev–Trinajstić information content (AvgIpc) is 2.41. The second-order valence-corrected chi connectivity index (χ2v) is 4.73. The summed E-state index contributed by atoms with van der Waals surface area (Å²) < 4.78 is 0. The Balaban J connectivity index is 2.48. The third kappa shape index (κ3) is 2.16. The summed E-state index contributed by atoms with van der Waals surface area (Å²) in [6.07, 6.45) is 3.69. The number of aliphatic carboxylic acids is 1. The summed E-state index contributed by atoms with van der Waals surface area (Å²) in [5.74, 6) is -1.55. The number of phenolic OH excluding ortho intramolecular Hbond substituents is 1. The highest BCUT2D eigenvalue weighted by atomic mass is 16.6. The predicted molar refractivity (Wildman–Crippen MR) is 71.9 cm³/mol. The zero-order valence-corrected chi connectivity index (χ0v) is 10.7. The van der Waals surface area contributed by atoms with Crippen LogP contribution in [0, 0.1) is 17.0 Å². The van der Waals surface area contributed by atoms with E-state index in [0.29, 0.717) is 11.1 Å². The quantitative estimate of drug-likeness (QED) is 0.650. The van der Waals surface area contributed by atoms with E-state index in [9.17, 15) is 20.0 Å². The summed E-state index contributed by atoms with van der Waals surface area (Å²) in [4.78, 5) is 21.6. The Morgan fingerprint density at radius 1 is 1.45 bits per heavy atom. The number of hydrogen-bond donors (Lipinski definition) is 2. The van der Waals surface area contributed by atoms with Crippen LogP contribution in [0.25, 0.3) is 5.57 Å². The zero-order valence-electron chi connectivity index (χ0n) is 10.7. The number of benzene rings is 1. The lowest BCUT2D eigenvalue weighted by atomic mass is 9.83. The number of rotatable bonds is 3. The Bertz CT molecular complexity index is 631. The summed E-state index contributed by atoms with van der Waals surface area (Å²) in [6.45, 7) is 1.82. The van der Waals surface area contributed by atoms with Gasteiger partial charge in [0.1, 0.15) is 5.75 Å². The highest BCUT2D eigenvalue weighted by Crippen LogP contribution is 2.36. The minimum absolute atomic E-state index is 0.0280. The number of aromatic hydroxyl groups is 1. The maximum atomic E-state index is 11.3. The van der Waals surface area contributed by atoms with Crippen molar-refractivity contribution in [2.75, 3.05) is 0 Å². The Hall–Kier alpha value is -2.63. The van der Waals surface area contributed by atoms with Gasteiger partial charge in [0.25, 0.3) is 0 Å². The number of phenols is 1. The van der Waals surface area contributed by atoms with E-state index in [2.05, 4.69) is 0 Å². The van der Waals surface area contributed by atoms with Gasteiger partial charge in [-0.2, -0.15) is 0 Å². The molecule has 0 spiro atoms. The lowest BCUT2D eigenvalue weighted by Crippen LogP contribution is -2.45. The summed E-state index contributed by atoms with van der Waals surface area (Å²) in [7, 11) is 0. The summed E-state index contributed by atoms with van der Waals surface area (Å²) >= 11 is 0. The van der Waals surface area contributed by atoms with Crippen LogP contribution in [-0.2, 0) is 4.79 Å². The minimum atomic E-state index is -2.18. The highest BCUT2D eigenvalue weighted by molar-refractivity contribution is 5.86. The van der Waals surface area contributed by atoms with Crippen LogP contribution in [0.15, 0.2) is 36.4 Å². The van der Waals surface area contributed by atoms with Crippen molar-refractivity contribution in [2.45, 2.75) is 18.9 Å². The van der Waals surface area contributed by atoms with Crippen LogP contribution in [0.4, 0.5) is 0 Å². The predicted octanol–water partition coefficient (Wildman–Crippen LogP) is 2.14. The first-order valence-corrected chi connectivity index (χ1v) is 5.93. The molecule has 2 rings (SSSR count). The molecule has 0 fully saturated rings. The number of hydrogen-bond acceptors (Lipinski definition) is 4. The molecule has 20 heavy (non-hydrogen) atoms. The summed E-state index contributed by atoms with van der Waals surface area (Å²) in [6, 6.07) is 4.86. The van der Waals surface area contributed by atoms with Gasteiger partial charge in [-0.05, 0) is 24.6 Å². The van der Waals surface area contributed by atoms with E-state index >= 15 is 0 Å². The van der Waals surface area contributed by atoms with Crippen LogP contribution in [0.3, 0.4) is 0 Å². The molecule has 2 N–H and O–H groups in total. The topological polar surface area (TPSA) is 101 Å². The Kier molecular flexibility index (Phi) is 3.31. The second kappa shape index (κ2) is 4.80. The maximum absolute atomic E-state index is 11.3. The minimum Gasteiger partial charge on any atom is -0.507 e. The van der Waals surface area contributed by atoms with Gasteiger partial charge >= 0.3 is 11.5 Å². The fourth-order valence-electron chi connectivity index (χ4n) is 2.17. The monoisotopic (exact) mass is 275 g/mol. The molecule has 0 saturated carbocycles.